The molecule has 5 heteroatoms. The maximum absolute atomic E-state index is 10.8. The predicted molar refractivity (Wildman–Crippen MR) is 40.1 cm³/mol. The van der Waals surface area contributed by atoms with E-state index in [1.807, 2.05) is 0 Å². The molecule has 0 aliphatic carbocycles. The number of aliphatic carboxylic acids is 2. The van der Waals surface area contributed by atoms with Crippen LogP contribution in [0, 0.1) is 11.8 Å². The topological polar surface area (TPSA) is 83.8 Å². The molecule has 0 aromatic carbocycles. The van der Waals surface area contributed by atoms with E-state index in [-0.39, 0.29) is 12.2 Å². The monoisotopic (exact) mass is 186 g/mol. The van der Waals surface area contributed by atoms with Crippen LogP contribution >= 0.6 is 0 Å². The van der Waals surface area contributed by atoms with Crippen LogP contribution in [0.3, 0.4) is 0 Å². The Kier molecular flexibility index (Phi) is 1.76. The Labute approximate surface area is 74.3 Å². The summed E-state index contributed by atoms with van der Waals surface area (Å²) in [6.07, 6.45) is 0.573. The van der Waals surface area contributed by atoms with Gasteiger partial charge in [0.25, 0.3) is 0 Å². The Balaban J connectivity index is 2.24. The zero-order chi connectivity index (χ0) is 9.59. The summed E-state index contributed by atoms with van der Waals surface area (Å²) in [5.74, 6) is -3.81. The summed E-state index contributed by atoms with van der Waals surface area (Å²) in [5, 5.41) is 17.6. The van der Waals surface area contributed by atoms with Crippen LogP contribution in [0.2, 0.25) is 0 Å². The quantitative estimate of drug-likeness (QED) is 0.631. The van der Waals surface area contributed by atoms with Gasteiger partial charge in [0.1, 0.15) is 0 Å². The number of carboxylic acids is 2. The molecule has 2 fully saturated rings. The van der Waals surface area contributed by atoms with Gasteiger partial charge in [0.2, 0.25) is 0 Å². The molecule has 0 aromatic heterocycles. The van der Waals surface area contributed by atoms with E-state index < -0.39 is 23.8 Å². The second-order valence-corrected chi connectivity index (χ2v) is 3.52. The Morgan fingerprint density at radius 1 is 1.00 bits per heavy atom. The average Bonchev–Trinajstić information content (AvgIpc) is 2.60. The maximum atomic E-state index is 10.8. The molecule has 2 bridgehead atoms. The van der Waals surface area contributed by atoms with Crippen LogP contribution in [-0.2, 0) is 14.3 Å². The normalized spacial score (nSPS) is 42.2. The van der Waals surface area contributed by atoms with Gasteiger partial charge in [-0.15, -0.1) is 0 Å². The molecule has 2 aliphatic heterocycles. The molecular weight excluding hydrogens is 176 g/mol. The van der Waals surface area contributed by atoms with Crippen molar-refractivity contribution in [3.05, 3.63) is 0 Å². The Morgan fingerprint density at radius 2 is 1.38 bits per heavy atom. The molecule has 2 saturated heterocycles. The van der Waals surface area contributed by atoms with Gasteiger partial charge in [-0.3, -0.25) is 9.59 Å². The molecule has 2 aliphatic rings. The molecule has 2 rings (SSSR count). The Bertz CT molecular complexity index is 235. The molecule has 0 radical (unpaired) electrons. The molecule has 2 N–H and O–H groups in total. The lowest BCUT2D eigenvalue weighted by Crippen LogP contribution is -2.38. The minimum absolute atomic E-state index is 0.386. The van der Waals surface area contributed by atoms with Gasteiger partial charge < -0.3 is 14.9 Å². The van der Waals surface area contributed by atoms with Gasteiger partial charge in [0, 0.05) is 0 Å². The van der Waals surface area contributed by atoms with Crippen molar-refractivity contribution in [1.82, 2.24) is 0 Å². The highest BCUT2D eigenvalue weighted by Gasteiger charge is 2.55. The Hall–Kier alpha value is -1.10. The minimum atomic E-state index is -1.06. The fraction of sp³-hybridized carbons (Fsp3) is 0.750. The molecule has 0 spiro atoms. The summed E-state index contributed by atoms with van der Waals surface area (Å²) >= 11 is 0. The third-order valence-electron chi connectivity index (χ3n) is 2.84. The van der Waals surface area contributed by atoms with Crippen LogP contribution in [-0.4, -0.2) is 34.4 Å². The summed E-state index contributed by atoms with van der Waals surface area (Å²) < 4.78 is 5.26. The standard InChI is InChI=1S/C8H10O5/c9-7(10)5-3-1-2-4(13-3)6(5)8(11)12/h3-6H,1-2H2,(H,9,10)(H,11,12)/t3-,4?,5+,6-/m1/s1. The second-order valence-electron chi connectivity index (χ2n) is 3.52. The summed E-state index contributed by atoms with van der Waals surface area (Å²) in [5.41, 5.74) is 0. The summed E-state index contributed by atoms with van der Waals surface area (Å²) in [6.45, 7) is 0. The van der Waals surface area contributed by atoms with Crippen molar-refractivity contribution < 1.29 is 24.5 Å². The van der Waals surface area contributed by atoms with Gasteiger partial charge >= 0.3 is 11.9 Å². The lowest BCUT2D eigenvalue weighted by atomic mass is 9.79. The fourth-order valence-electron chi connectivity index (χ4n) is 2.31. The maximum Gasteiger partial charge on any atom is 0.310 e. The first-order valence-corrected chi connectivity index (χ1v) is 4.22. The van der Waals surface area contributed by atoms with E-state index in [1.165, 1.54) is 0 Å². The predicted octanol–water partition coefficient (Wildman–Crippen LogP) is -0.0508. The average molecular weight is 186 g/mol. The van der Waals surface area contributed by atoms with Crippen LogP contribution < -0.4 is 0 Å². The van der Waals surface area contributed by atoms with Crippen LogP contribution in [0.15, 0.2) is 0 Å². The first-order chi connectivity index (χ1) is 6.11. The summed E-state index contributed by atoms with van der Waals surface area (Å²) in [7, 11) is 0. The van der Waals surface area contributed by atoms with E-state index in [4.69, 9.17) is 14.9 Å². The van der Waals surface area contributed by atoms with E-state index in [0.29, 0.717) is 12.8 Å². The van der Waals surface area contributed by atoms with Gasteiger partial charge in [-0.1, -0.05) is 0 Å². The number of hydrogen-bond donors (Lipinski definition) is 2. The zero-order valence-electron chi connectivity index (χ0n) is 6.84. The van der Waals surface area contributed by atoms with Gasteiger partial charge in [-0.05, 0) is 12.8 Å². The molecule has 13 heavy (non-hydrogen) atoms. The molecule has 1 unspecified atom stereocenters. The van der Waals surface area contributed by atoms with Crippen molar-refractivity contribution in [2.24, 2.45) is 11.8 Å². The van der Waals surface area contributed by atoms with Crippen molar-refractivity contribution in [3.8, 4) is 0 Å². The molecule has 0 amide bonds. The molecule has 5 nitrogen and oxygen atoms in total. The number of carboxylic acid groups (broad SMARTS) is 2. The molecule has 0 saturated carbocycles. The van der Waals surface area contributed by atoms with Crippen LogP contribution in [0.5, 0.6) is 0 Å². The highest BCUT2D eigenvalue weighted by atomic mass is 16.5. The van der Waals surface area contributed by atoms with Gasteiger partial charge in [0.05, 0.1) is 24.0 Å². The van der Waals surface area contributed by atoms with E-state index in [2.05, 4.69) is 0 Å². The fourth-order valence-corrected chi connectivity index (χ4v) is 2.31. The van der Waals surface area contributed by atoms with Crippen molar-refractivity contribution in [1.29, 1.82) is 0 Å². The van der Waals surface area contributed by atoms with Crippen LogP contribution in [0.25, 0.3) is 0 Å². The number of carbonyl (C=O) groups is 2. The van der Waals surface area contributed by atoms with Gasteiger partial charge in [-0.2, -0.15) is 0 Å². The molecule has 72 valence electrons. The van der Waals surface area contributed by atoms with Crippen LogP contribution in [0.4, 0.5) is 0 Å². The van der Waals surface area contributed by atoms with E-state index in [9.17, 15) is 9.59 Å². The van der Waals surface area contributed by atoms with Crippen molar-refractivity contribution in [2.45, 2.75) is 25.0 Å². The molecule has 0 aromatic rings. The summed E-state index contributed by atoms with van der Waals surface area (Å²) in [6, 6.07) is 0. The van der Waals surface area contributed by atoms with Gasteiger partial charge in [-0.25, -0.2) is 0 Å². The number of ether oxygens (including phenoxy) is 1. The number of rotatable bonds is 2. The largest absolute Gasteiger partial charge is 0.481 e. The van der Waals surface area contributed by atoms with Crippen LogP contribution in [0.1, 0.15) is 12.8 Å². The van der Waals surface area contributed by atoms with E-state index >= 15 is 0 Å². The lowest BCUT2D eigenvalue weighted by molar-refractivity contribution is -0.154. The molecule has 2 heterocycles. The highest BCUT2D eigenvalue weighted by Crippen LogP contribution is 2.43. The first-order valence-electron chi connectivity index (χ1n) is 4.22. The van der Waals surface area contributed by atoms with E-state index in [1.54, 1.807) is 0 Å². The Morgan fingerprint density at radius 3 is 1.69 bits per heavy atom. The second kappa shape index (κ2) is 2.70. The lowest BCUT2D eigenvalue weighted by Gasteiger charge is -2.20. The van der Waals surface area contributed by atoms with Gasteiger partial charge in [0.15, 0.2) is 0 Å². The summed E-state index contributed by atoms with van der Waals surface area (Å²) in [4.78, 5) is 21.5. The third kappa shape index (κ3) is 1.11. The minimum Gasteiger partial charge on any atom is -0.481 e. The number of hydrogen-bond acceptors (Lipinski definition) is 3. The molecular formula is C8H10O5. The molecule has 4 atom stereocenters. The van der Waals surface area contributed by atoms with Crippen molar-refractivity contribution >= 4 is 11.9 Å². The SMILES string of the molecule is O=C(O)[C@@H]1[C@H](C(=O)O)C2CC[C@H]1O2. The van der Waals surface area contributed by atoms with Crippen molar-refractivity contribution in [3.63, 3.8) is 0 Å². The number of fused-ring (bicyclic) bond motifs is 2. The smallest absolute Gasteiger partial charge is 0.310 e. The third-order valence-corrected chi connectivity index (χ3v) is 2.84. The first kappa shape index (κ1) is 8.50. The van der Waals surface area contributed by atoms with Crippen molar-refractivity contribution in [2.75, 3.05) is 0 Å². The zero-order valence-corrected chi connectivity index (χ0v) is 6.84. The highest BCUT2D eigenvalue weighted by molar-refractivity contribution is 5.82. The van der Waals surface area contributed by atoms with E-state index in [0.717, 1.165) is 0 Å².